The van der Waals surface area contributed by atoms with Crippen LogP contribution in [0.5, 0.6) is 5.88 Å². The maximum absolute atomic E-state index is 13.2. The van der Waals surface area contributed by atoms with Gasteiger partial charge in [-0.1, -0.05) is 12.1 Å². The predicted molar refractivity (Wildman–Crippen MR) is 94.9 cm³/mol. The molecule has 1 aromatic heterocycles. The van der Waals surface area contributed by atoms with E-state index in [9.17, 15) is 26.7 Å². The SMILES string of the molecule is CC1(O)CCCC1Oc1ncc(C(F)(F)F)cc1-c1cccc(S(N)(=O)=O)c1. The van der Waals surface area contributed by atoms with Crippen molar-refractivity contribution in [2.24, 2.45) is 5.14 Å². The number of hydrogen-bond donors (Lipinski definition) is 2. The zero-order valence-corrected chi connectivity index (χ0v) is 15.7. The number of nitrogens with two attached hydrogens (primary N) is 1. The second-order valence-corrected chi connectivity index (χ2v) is 8.56. The minimum Gasteiger partial charge on any atom is -0.471 e. The Balaban J connectivity index is 2.11. The first kappa shape index (κ1) is 20.6. The molecule has 3 N–H and O–H groups in total. The highest BCUT2D eigenvalue weighted by Crippen LogP contribution is 2.39. The van der Waals surface area contributed by atoms with E-state index >= 15 is 0 Å². The number of ether oxygens (including phenoxy) is 1. The van der Waals surface area contributed by atoms with Gasteiger partial charge in [-0.25, -0.2) is 18.5 Å². The average Bonchev–Trinajstić information content (AvgIpc) is 2.92. The molecule has 0 amide bonds. The molecule has 3 rings (SSSR count). The number of hydrogen-bond acceptors (Lipinski definition) is 5. The van der Waals surface area contributed by atoms with Crippen LogP contribution in [0.4, 0.5) is 13.2 Å². The van der Waals surface area contributed by atoms with Crippen molar-refractivity contribution in [3.8, 4) is 17.0 Å². The molecule has 0 saturated heterocycles. The number of rotatable bonds is 4. The van der Waals surface area contributed by atoms with E-state index in [4.69, 9.17) is 9.88 Å². The van der Waals surface area contributed by atoms with E-state index in [1.54, 1.807) is 6.92 Å². The Morgan fingerprint density at radius 2 is 2.04 bits per heavy atom. The molecular formula is C18H19F3N2O4S. The van der Waals surface area contributed by atoms with Crippen molar-refractivity contribution in [1.82, 2.24) is 4.98 Å². The lowest BCUT2D eigenvalue weighted by Gasteiger charge is -2.27. The molecule has 2 atom stereocenters. The van der Waals surface area contributed by atoms with Gasteiger partial charge in [-0.2, -0.15) is 13.2 Å². The van der Waals surface area contributed by atoms with E-state index < -0.39 is 33.5 Å². The van der Waals surface area contributed by atoms with Crippen molar-refractivity contribution in [1.29, 1.82) is 0 Å². The van der Waals surface area contributed by atoms with Crippen LogP contribution in [0.3, 0.4) is 0 Å². The van der Waals surface area contributed by atoms with E-state index in [-0.39, 0.29) is 21.9 Å². The third-order valence-corrected chi connectivity index (χ3v) is 5.66. The van der Waals surface area contributed by atoms with Crippen molar-refractivity contribution in [2.75, 3.05) is 0 Å². The van der Waals surface area contributed by atoms with E-state index in [1.807, 2.05) is 0 Å². The number of aromatic nitrogens is 1. The van der Waals surface area contributed by atoms with Crippen molar-refractivity contribution in [3.63, 3.8) is 0 Å². The van der Waals surface area contributed by atoms with Gasteiger partial charge >= 0.3 is 6.18 Å². The molecular weight excluding hydrogens is 397 g/mol. The number of halogens is 3. The Morgan fingerprint density at radius 1 is 1.32 bits per heavy atom. The van der Waals surface area contributed by atoms with Gasteiger partial charge in [-0.3, -0.25) is 0 Å². The first-order valence-electron chi connectivity index (χ1n) is 8.47. The molecule has 6 nitrogen and oxygen atoms in total. The molecule has 28 heavy (non-hydrogen) atoms. The third-order valence-electron chi connectivity index (χ3n) is 4.75. The normalized spacial score (nSPS) is 23.0. The molecule has 1 aromatic carbocycles. The summed E-state index contributed by atoms with van der Waals surface area (Å²) in [5, 5.41) is 15.5. The summed E-state index contributed by atoms with van der Waals surface area (Å²) in [5.74, 6) is -0.119. The highest BCUT2D eigenvalue weighted by molar-refractivity contribution is 7.89. The molecule has 2 aromatic rings. The van der Waals surface area contributed by atoms with Crippen molar-refractivity contribution in [2.45, 2.75) is 49.0 Å². The van der Waals surface area contributed by atoms with Crippen LogP contribution < -0.4 is 9.88 Å². The topological polar surface area (TPSA) is 103 Å². The number of nitrogens with zero attached hydrogens (tertiary/aromatic N) is 1. The van der Waals surface area contributed by atoms with Crippen LogP contribution in [0, 0.1) is 0 Å². The Morgan fingerprint density at radius 3 is 2.61 bits per heavy atom. The standard InChI is InChI=1S/C18H19F3N2O4S/c1-17(24)7-3-6-15(17)27-16-14(9-12(10-23-16)18(19,20)21)11-4-2-5-13(8-11)28(22,25)26/h2,4-5,8-10,15,24H,3,6-7H2,1H3,(H2,22,25,26). The van der Waals surface area contributed by atoms with E-state index in [1.165, 1.54) is 18.2 Å². The minimum absolute atomic E-state index is 0.0389. The summed E-state index contributed by atoms with van der Waals surface area (Å²) in [6, 6.07) is 6.04. The lowest BCUT2D eigenvalue weighted by atomic mass is 10.0. The summed E-state index contributed by atoms with van der Waals surface area (Å²) in [7, 11) is -4.05. The second kappa shape index (κ2) is 7.02. The molecule has 0 spiro atoms. The molecule has 0 radical (unpaired) electrons. The van der Waals surface area contributed by atoms with Crippen LogP contribution in [0.1, 0.15) is 31.7 Å². The molecule has 1 fully saturated rings. The van der Waals surface area contributed by atoms with Gasteiger partial charge in [0.2, 0.25) is 15.9 Å². The summed E-state index contributed by atoms with van der Waals surface area (Å²) < 4.78 is 68.5. The monoisotopic (exact) mass is 416 g/mol. The first-order valence-corrected chi connectivity index (χ1v) is 10.0. The Labute approximate surface area is 160 Å². The number of aliphatic hydroxyl groups is 1. The van der Waals surface area contributed by atoms with Crippen molar-refractivity contribution >= 4 is 10.0 Å². The lowest BCUT2D eigenvalue weighted by molar-refractivity contribution is -0.137. The van der Waals surface area contributed by atoms with Crippen LogP contribution in [-0.2, 0) is 16.2 Å². The smallest absolute Gasteiger partial charge is 0.417 e. The highest BCUT2D eigenvalue weighted by atomic mass is 32.2. The summed E-state index contributed by atoms with van der Waals surface area (Å²) in [6.45, 7) is 1.59. The van der Waals surface area contributed by atoms with Gasteiger partial charge in [-0.15, -0.1) is 0 Å². The van der Waals surface area contributed by atoms with Crippen LogP contribution in [0.2, 0.25) is 0 Å². The number of alkyl halides is 3. The zero-order chi connectivity index (χ0) is 20.7. The first-order chi connectivity index (χ1) is 12.9. The number of pyridine rings is 1. The van der Waals surface area contributed by atoms with Crippen LogP contribution >= 0.6 is 0 Å². The largest absolute Gasteiger partial charge is 0.471 e. The molecule has 152 valence electrons. The van der Waals surface area contributed by atoms with Crippen molar-refractivity contribution < 1.29 is 31.4 Å². The maximum atomic E-state index is 13.2. The van der Waals surface area contributed by atoms with E-state index in [2.05, 4.69) is 4.98 Å². The van der Waals surface area contributed by atoms with E-state index in [0.29, 0.717) is 25.5 Å². The Hall–Kier alpha value is -2.17. The van der Waals surface area contributed by atoms with Gasteiger partial charge in [0.1, 0.15) is 6.10 Å². The quantitative estimate of drug-likeness (QED) is 0.797. The van der Waals surface area contributed by atoms with Crippen molar-refractivity contribution in [3.05, 3.63) is 42.1 Å². The molecule has 10 heteroatoms. The molecule has 0 bridgehead atoms. The average molecular weight is 416 g/mol. The summed E-state index contributed by atoms with van der Waals surface area (Å²) in [6.07, 6.45) is -2.92. The van der Waals surface area contributed by atoms with Gasteiger partial charge in [0.25, 0.3) is 0 Å². The molecule has 1 heterocycles. The fourth-order valence-electron chi connectivity index (χ4n) is 3.19. The fraction of sp³-hybridized carbons (Fsp3) is 0.389. The Bertz CT molecular complexity index is 991. The second-order valence-electron chi connectivity index (χ2n) is 7.00. The third kappa shape index (κ3) is 4.29. The van der Waals surface area contributed by atoms with Crippen LogP contribution in [0.25, 0.3) is 11.1 Å². The van der Waals surface area contributed by atoms with Gasteiger partial charge in [0, 0.05) is 11.8 Å². The van der Waals surface area contributed by atoms with E-state index in [0.717, 1.165) is 12.1 Å². The Kier molecular flexibility index (Phi) is 5.15. The zero-order valence-electron chi connectivity index (χ0n) is 14.9. The predicted octanol–water partition coefficient (Wildman–Crippen LogP) is 3.10. The molecule has 0 aliphatic heterocycles. The molecule has 1 aliphatic carbocycles. The molecule has 2 unspecified atom stereocenters. The van der Waals surface area contributed by atoms with Crippen LogP contribution in [0.15, 0.2) is 41.4 Å². The maximum Gasteiger partial charge on any atom is 0.417 e. The molecule has 1 aliphatic rings. The number of primary sulfonamides is 1. The summed E-state index contributed by atoms with van der Waals surface area (Å²) >= 11 is 0. The summed E-state index contributed by atoms with van der Waals surface area (Å²) in [5.41, 5.74) is -2.03. The molecule has 1 saturated carbocycles. The lowest BCUT2D eigenvalue weighted by Crippen LogP contribution is -2.38. The highest BCUT2D eigenvalue weighted by Gasteiger charge is 2.40. The van der Waals surface area contributed by atoms with Gasteiger partial charge in [0.05, 0.1) is 16.1 Å². The number of benzene rings is 1. The fourth-order valence-corrected chi connectivity index (χ4v) is 3.75. The van der Waals surface area contributed by atoms with Crippen LogP contribution in [-0.4, -0.2) is 30.2 Å². The minimum atomic E-state index is -4.64. The van der Waals surface area contributed by atoms with Gasteiger partial charge in [-0.05, 0) is 49.9 Å². The number of sulfonamides is 1. The van der Waals surface area contributed by atoms with Gasteiger partial charge in [0.15, 0.2) is 0 Å². The van der Waals surface area contributed by atoms with Gasteiger partial charge < -0.3 is 9.84 Å². The summed E-state index contributed by atoms with van der Waals surface area (Å²) in [4.78, 5) is 3.56.